The molecule has 0 aliphatic carbocycles. The van der Waals surface area contributed by atoms with Gasteiger partial charge in [0, 0.05) is 12.2 Å². The second-order valence-electron chi connectivity index (χ2n) is 4.81. The summed E-state index contributed by atoms with van der Waals surface area (Å²) in [6.07, 6.45) is 2.13. The van der Waals surface area contributed by atoms with Crippen molar-refractivity contribution >= 4 is 10.0 Å². The molecule has 0 amide bonds. The van der Waals surface area contributed by atoms with Crippen LogP contribution < -0.4 is 4.72 Å². The van der Waals surface area contributed by atoms with Gasteiger partial charge >= 0.3 is 0 Å². The smallest absolute Gasteiger partial charge is 0.258 e. The fourth-order valence-electron chi connectivity index (χ4n) is 1.74. The Kier molecular flexibility index (Phi) is 5.25. The lowest BCUT2D eigenvalue weighted by Gasteiger charge is -2.15. The quantitative estimate of drug-likeness (QED) is 0.817. The van der Waals surface area contributed by atoms with Crippen molar-refractivity contribution in [3.05, 3.63) is 23.9 Å². The van der Waals surface area contributed by atoms with E-state index in [1.807, 2.05) is 20.8 Å². The van der Waals surface area contributed by atoms with Crippen molar-refractivity contribution < 1.29 is 13.5 Å². The lowest BCUT2D eigenvalue weighted by molar-refractivity contribution is 0.281. The van der Waals surface area contributed by atoms with Crippen LogP contribution >= 0.6 is 0 Å². The molecule has 0 spiro atoms. The first-order chi connectivity index (χ1) is 8.35. The Labute approximate surface area is 108 Å². The van der Waals surface area contributed by atoms with Gasteiger partial charge in [-0.05, 0) is 30.9 Å². The predicted molar refractivity (Wildman–Crippen MR) is 69.4 cm³/mol. The van der Waals surface area contributed by atoms with Crippen molar-refractivity contribution in [2.24, 2.45) is 5.92 Å². The van der Waals surface area contributed by atoms with Crippen molar-refractivity contribution in [1.82, 2.24) is 9.71 Å². The normalized spacial score (nSPS) is 13.8. The third kappa shape index (κ3) is 4.36. The summed E-state index contributed by atoms with van der Waals surface area (Å²) in [5, 5.41) is 8.85. The molecule has 102 valence electrons. The summed E-state index contributed by atoms with van der Waals surface area (Å²) in [6.45, 7) is 5.77. The molecule has 5 nitrogen and oxygen atoms in total. The lowest BCUT2D eigenvalue weighted by atomic mass is 10.1. The molecule has 2 N–H and O–H groups in total. The highest BCUT2D eigenvalue weighted by Gasteiger charge is 2.19. The Bertz CT molecular complexity index is 469. The first-order valence-corrected chi connectivity index (χ1v) is 7.41. The highest BCUT2D eigenvalue weighted by molar-refractivity contribution is 7.89. The number of nitrogens with zero attached hydrogens (tertiary/aromatic N) is 1. The number of pyridine rings is 1. The van der Waals surface area contributed by atoms with Gasteiger partial charge in [-0.2, -0.15) is 0 Å². The van der Waals surface area contributed by atoms with Crippen LogP contribution in [0.5, 0.6) is 0 Å². The van der Waals surface area contributed by atoms with E-state index in [-0.39, 0.29) is 17.7 Å². The van der Waals surface area contributed by atoms with Crippen molar-refractivity contribution in [3.63, 3.8) is 0 Å². The minimum Gasteiger partial charge on any atom is -0.392 e. The zero-order valence-corrected chi connectivity index (χ0v) is 11.7. The van der Waals surface area contributed by atoms with Crippen LogP contribution in [0.25, 0.3) is 0 Å². The van der Waals surface area contributed by atoms with E-state index in [9.17, 15) is 8.42 Å². The van der Waals surface area contributed by atoms with Gasteiger partial charge in [0.2, 0.25) is 0 Å². The monoisotopic (exact) mass is 272 g/mol. The molecule has 1 heterocycles. The number of aromatic nitrogens is 1. The van der Waals surface area contributed by atoms with Crippen molar-refractivity contribution in [2.75, 3.05) is 0 Å². The number of aliphatic hydroxyl groups is 1. The van der Waals surface area contributed by atoms with E-state index < -0.39 is 10.0 Å². The van der Waals surface area contributed by atoms with E-state index in [2.05, 4.69) is 9.71 Å². The van der Waals surface area contributed by atoms with Gasteiger partial charge in [-0.15, -0.1) is 0 Å². The highest BCUT2D eigenvalue weighted by atomic mass is 32.2. The number of hydrogen-bond acceptors (Lipinski definition) is 4. The molecule has 6 heteroatoms. The highest BCUT2D eigenvalue weighted by Crippen LogP contribution is 2.10. The SMILES string of the molecule is CC(C)CC(C)NS(=O)(=O)c1ccc(CO)cn1. The third-order valence-corrected chi connectivity index (χ3v) is 3.94. The fraction of sp³-hybridized carbons (Fsp3) is 0.583. The Hall–Kier alpha value is -0.980. The minimum atomic E-state index is -3.57. The van der Waals surface area contributed by atoms with Crippen LogP contribution in [0.3, 0.4) is 0 Å². The Morgan fingerprint density at radius 3 is 2.44 bits per heavy atom. The maximum atomic E-state index is 12.0. The molecule has 0 bridgehead atoms. The summed E-state index contributed by atoms with van der Waals surface area (Å²) >= 11 is 0. The molecule has 0 fully saturated rings. The number of sulfonamides is 1. The Morgan fingerprint density at radius 1 is 1.33 bits per heavy atom. The molecule has 1 atom stereocenters. The summed E-state index contributed by atoms with van der Waals surface area (Å²) in [5.41, 5.74) is 0.587. The van der Waals surface area contributed by atoms with Crippen LogP contribution in [0, 0.1) is 5.92 Å². The second-order valence-corrected chi connectivity index (χ2v) is 6.48. The Balaban J connectivity index is 2.79. The summed E-state index contributed by atoms with van der Waals surface area (Å²) in [4.78, 5) is 3.84. The minimum absolute atomic E-state index is 0.0182. The van der Waals surface area contributed by atoms with Gasteiger partial charge in [-0.1, -0.05) is 19.9 Å². The molecule has 0 radical (unpaired) electrons. The zero-order valence-electron chi connectivity index (χ0n) is 10.9. The molecule has 1 aromatic rings. The summed E-state index contributed by atoms with van der Waals surface area (Å²) in [6, 6.07) is 2.82. The average Bonchev–Trinajstić information content (AvgIpc) is 2.27. The topological polar surface area (TPSA) is 79.3 Å². The van der Waals surface area contributed by atoms with E-state index in [0.29, 0.717) is 11.5 Å². The fourth-order valence-corrected chi connectivity index (χ4v) is 2.93. The maximum absolute atomic E-state index is 12.0. The maximum Gasteiger partial charge on any atom is 0.258 e. The van der Waals surface area contributed by atoms with Crippen LogP contribution in [0.1, 0.15) is 32.8 Å². The van der Waals surface area contributed by atoms with Crippen LogP contribution in [0.4, 0.5) is 0 Å². The van der Waals surface area contributed by atoms with Crippen LogP contribution in [-0.4, -0.2) is 24.6 Å². The lowest BCUT2D eigenvalue weighted by Crippen LogP contribution is -2.34. The molecule has 18 heavy (non-hydrogen) atoms. The third-order valence-electron chi connectivity index (χ3n) is 2.44. The largest absolute Gasteiger partial charge is 0.392 e. The number of hydrogen-bond donors (Lipinski definition) is 2. The Morgan fingerprint density at radius 2 is 2.00 bits per heavy atom. The van der Waals surface area contributed by atoms with Gasteiger partial charge in [-0.3, -0.25) is 0 Å². The van der Waals surface area contributed by atoms with Crippen molar-refractivity contribution in [1.29, 1.82) is 0 Å². The van der Waals surface area contributed by atoms with Gasteiger partial charge in [0.1, 0.15) is 0 Å². The molecule has 1 aromatic heterocycles. The molecular weight excluding hydrogens is 252 g/mol. The standard InChI is InChI=1S/C12H20N2O3S/c1-9(2)6-10(3)14-18(16,17)12-5-4-11(8-15)7-13-12/h4-5,7,9-10,14-15H,6,8H2,1-3H3. The first-order valence-electron chi connectivity index (χ1n) is 5.93. The number of rotatable bonds is 6. The van der Waals surface area contributed by atoms with Gasteiger partial charge in [0.15, 0.2) is 5.03 Å². The van der Waals surface area contributed by atoms with Gasteiger partial charge in [0.05, 0.1) is 6.61 Å². The average molecular weight is 272 g/mol. The second kappa shape index (κ2) is 6.26. The van der Waals surface area contributed by atoms with E-state index in [1.54, 1.807) is 6.07 Å². The molecule has 0 aromatic carbocycles. The first kappa shape index (κ1) is 15.1. The van der Waals surface area contributed by atoms with E-state index in [4.69, 9.17) is 5.11 Å². The van der Waals surface area contributed by atoms with Crippen LogP contribution in [-0.2, 0) is 16.6 Å². The molecule has 1 rings (SSSR count). The molecular formula is C12H20N2O3S. The molecule has 0 aliphatic rings. The molecule has 0 saturated carbocycles. The van der Waals surface area contributed by atoms with E-state index in [0.717, 1.165) is 6.42 Å². The number of nitrogens with one attached hydrogen (secondary N) is 1. The van der Waals surface area contributed by atoms with Gasteiger partial charge in [0.25, 0.3) is 10.0 Å². The predicted octanol–water partition coefficient (Wildman–Crippen LogP) is 1.29. The van der Waals surface area contributed by atoms with Gasteiger partial charge < -0.3 is 5.11 Å². The summed E-state index contributed by atoms with van der Waals surface area (Å²) in [7, 11) is -3.57. The van der Waals surface area contributed by atoms with E-state index in [1.165, 1.54) is 12.3 Å². The molecule has 0 saturated heterocycles. The van der Waals surface area contributed by atoms with Gasteiger partial charge in [-0.25, -0.2) is 18.1 Å². The van der Waals surface area contributed by atoms with Crippen molar-refractivity contribution in [2.45, 2.75) is 44.9 Å². The summed E-state index contributed by atoms with van der Waals surface area (Å²) < 4.78 is 26.6. The van der Waals surface area contributed by atoms with Crippen LogP contribution in [0.15, 0.2) is 23.4 Å². The zero-order chi connectivity index (χ0) is 13.8. The molecule has 1 unspecified atom stereocenters. The molecule has 0 aliphatic heterocycles. The number of aliphatic hydroxyl groups excluding tert-OH is 1. The van der Waals surface area contributed by atoms with Crippen LogP contribution in [0.2, 0.25) is 0 Å². The summed E-state index contributed by atoms with van der Waals surface area (Å²) in [5.74, 6) is 0.424. The van der Waals surface area contributed by atoms with E-state index >= 15 is 0 Å². The van der Waals surface area contributed by atoms with Crippen molar-refractivity contribution in [3.8, 4) is 0 Å².